The zero-order chi connectivity index (χ0) is 16.2. The lowest BCUT2D eigenvalue weighted by Crippen LogP contribution is -2.34. The van der Waals surface area contributed by atoms with Crippen LogP contribution in [0, 0.1) is 0 Å². The van der Waals surface area contributed by atoms with E-state index in [1.54, 1.807) is 7.11 Å². The fourth-order valence-corrected chi connectivity index (χ4v) is 3.39. The number of rotatable bonds is 4. The summed E-state index contributed by atoms with van der Waals surface area (Å²) in [6.45, 7) is 0. The molecule has 3 nitrogen and oxygen atoms in total. The minimum absolute atomic E-state index is 0.153. The van der Waals surface area contributed by atoms with E-state index >= 15 is 0 Å². The molecule has 23 heavy (non-hydrogen) atoms. The van der Waals surface area contributed by atoms with Gasteiger partial charge in [-0.1, -0.05) is 36.4 Å². The van der Waals surface area contributed by atoms with E-state index in [9.17, 15) is 4.79 Å². The second kappa shape index (κ2) is 6.86. The predicted octanol–water partition coefficient (Wildman–Crippen LogP) is 3.77. The fraction of sp³-hybridized carbons (Fsp3) is 0.350. The van der Waals surface area contributed by atoms with Crippen LogP contribution < -0.4 is 4.74 Å². The van der Waals surface area contributed by atoms with Crippen molar-refractivity contribution in [2.45, 2.75) is 31.7 Å². The van der Waals surface area contributed by atoms with Gasteiger partial charge >= 0.3 is 0 Å². The molecule has 1 amide bonds. The summed E-state index contributed by atoms with van der Waals surface area (Å²) in [6, 6.07) is 16.4. The third-order valence-corrected chi connectivity index (χ3v) is 4.69. The maximum atomic E-state index is 12.7. The summed E-state index contributed by atoms with van der Waals surface area (Å²) in [6.07, 6.45) is 3.70. The lowest BCUT2D eigenvalue weighted by molar-refractivity contribution is -0.131. The van der Waals surface area contributed by atoms with Crippen LogP contribution >= 0.6 is 0 Å². The standard InChI is InChI=1S/C20H23NO2/c1-21(19-12-6-9-16-8-3-4-11-18(16)19)20(22)14-15-7-5-10-17(13-15)23-2/h3-5,7-8,10-11,13,19H,6,9,12,14H2,1-2H3/t19-/m0/s1. The van der Waals surface area contributed by atoms with Crippen molar-refractivity contribution in [1.29, 1.82) is 0 Å². The molecule has 1 aliphatic rings. The molecule has 0 unspecified atom stereocenters. The van der Waals surface area contributed by atoms with Crippen molar-refractivity contribution in [3.63, 3.8) is 0 Å². The molecule has 0 saturated heterocycles. The molecule has 0 heterocycles. The molecule has 1 atom stereocenters. The number of fused-ring (bicyclic) bond motifs is 1. The number of nitrogens with zero attached hydrogens (tertiary/aromatic N) is 1. The van der Waals surface area contributed by atoms with Gasteiger partial charge in [-0.15, -0.1) is 0 Å². The molecular formula is C20H23NO2. The van der Waals surface area contributed by atoms with Gasteiger partial charge in [-0.05, 0) is 48.1 Å². The third-order valence-electron chi connectivity index (χ3n) is 4.69. The van der Waals surface area contributed by atoms with Gasteiger partial charge in [0.05, 0.1) is 19.6 Å². The average Bonchev–Trinajstić information content (AvgIpc) is 2.60. The number of hydrogen-bond donors (Lipinski definition) is 0. The highest BCUT2D eigenvalue weighted by Crippen LogP contribution is 2.33. The summed E-state index contributed by atoms with van der Waals surface area (Å²) in [7, 11) is 3.57. The van der Waals surface area contributed by atoms with E-state index in [0.717, 1.165) is 30.6 Å². The first-order chi connectivity index (χ1) is 11.2. The molecule has 2 aromatic carbocycles. The van der Waals surface area contributed by atoms with E-state index in [4.69, 9.17) is 4.74 Å². The molecule has 3 rings (SSSR count). The maximum Gasteiger partial charge on any atom is 0.227 e. The number of carbonyl (C=O) groups is 1. The smallest absolute Gasteiger partial charge is 0.227 e. The molecule has 0 aliphatic heterocycles. The highest BCUT2D eigenvalue weighted by molar-refractivity contribution is 5.79. The predicted molar refractivity (Wildman–Crippen MR) is 91.6 cm³/mol. The van der Waals surface area contributed by atoms with Gasteiger partial charge in [0.1, 0.15) is 5.75 Å². The molecule has 0 aromatic heterocycles. The van der Waals surface area contributed by atoms with Gasteiger partial charge in [0.15, 0.2) is 0 Å². The van der Waals surface area contributed by atoms with Crippen LogP contribution in [0.4, 0.5) is 0 Å². The number of aryl methyl sites for hydroxylation is 1. The molecule has 1 aliphatic carbocycles. The lowest BCUT2D eigenvalue weighted by atomic mass is 9.87. The van der Waals surface area contributed by atoms with Gasteiger partial charge in [-0.2, -0.15) is 0 Å². The number of ether oxygens (including phenoxy) is 1. The number of carbonyl (C=O) groups excluding carboxylic acids is 1. The minimum Gasteiger partial charge on any atom is -0.497 e. The second-order valence-corrected chi connectivity index (χ2v) is 6.14. The summed E-state index contributed by atoms with van der Waals surface area (Å²) in [4.78, 5) is 14.6. The highest BCUT2D eigenvalue weighted by Gasteiger charge is 2.26. The van der Waals surface area contributed by atoms with Gasteiger partial charge in [0.2, 0.25) is 5.91 Å². The Balaban J connectivity index is 1.75. The molecule has 3 heteroatoms. The van der Waals surface area contributed by atoms with Gasteiger partial charge in [0, 0.05) is 7.05 Å². The molecule has 2 aromatic rings. The van der Waals surface area contributed by atoms with Crippen LogP contribution in [0.3, 0.4) is 0 Å². The summed E-state index contributed by atoms with van der Waals surface area (Å²) >= 11 is 0. The molecule has 0 spiro atoms. The summed E-state index contributed by atoms with van der Waals surface area (Å²) in [5, 5.41) is 0. The fourth-order valence-electron chi connectivity index (χ4n) is 3.39. The van der Waals surface area contributed by atoms with Crippen LogP contribution in [-0.4, -0.2) is 25.0 Å². The Hall–Kier alpha value is -2.29. The van der Waals surface area contributed by atoms with Crippen molar-refractivity contribution in [2.75, 3.05) is 14.2 Å². The Bertz CT molecular complexity index is 696. The van der Waals surface area contributed by atoms with Crippen molar-refractivity contribution in [1.82, 2.24) is 4.90 Å². The van der Waals surface area contributed by atoms with Crippen molar-refractivity contribution < 1.29 is 9.53 Å². The number of likely N-dealkylation sites (N-methyl/N-ethyl adjacent to an activating group) is 1. The average molecular weight is 309 g/mol. The zero-order valence-corrected chi connectivity index (χ0v) is 13.8. The molecule has 0 saturated carbocycles. The van der Waals surface area contributed by atoms with E-state index in [1.165, 1.54) is 11.1 Å². The van der Waals surface area contributed by atoms with Crippen LogP contribution in [0.15, 0.2) is 48.5 Å². The Labute approximate surface area is 137 Å². The number of amides is 1. The Morgan fingerprint density at radius 3 is 2.87 bits per heavy atom. The molecule has 0 N–H and O–H groups in total. The topological polar surface area (TPSA) is 29.5 Å². The van der Waals surface area contributed by atoms with Crippen molar-refractivity contribution in [3.05, 3.63) is 65.2 Å². The summed E-state index contributed by atoms with van der Waals surface area (Å²) in [5.74, 6) is 0.945. The molecule has 120 valence electrons. The SMILES string of the molecule is COc1cccc(CC(=O)N(C)[C@H]2CCCc3ccccc32)c1. The van der Waals surface area contributed by atoms with E-state index in [1.807, 2.05) is 36.2 Å². The van der Waals surface area contributed by atoms with E-state index in [0.29, 0.717) is 6.42 Å². The monoisotopic (exact) mass is 309 g/mol. The first-order valence-corrected chi connectivity index (χ1v) is 8.15. The molecule has 0 bridgehead atoms. The Kier molecular flexibility index (Phi) is 4.65. The first kappa shape index (κ1) is 15.6. The van der Waals surface area contributed by atoms with Gasteiger partial charge in [0.25, 0.3) is 0 Å². The number of methoxy groups -OCH3 is 1. The number of benzene rings is 2. The summed E-state index contributed by atoms with van der Waals surface area (Å²) < 4.78 is 5.23. The quantitative estimate of drug-likeness (QED) is 0.860. The van der Waals surface area contributed by atoms with E-state index in [2.05, 4.69) is 24.3 Å². The minimum atomic E-state index is 0.153. The third kappa shape index (κ3) is 3.39. The van der Waals surface area contributed by atoms with Crippen LogP contribution in [-0.2, 0) is 17.6 Å². The van der Waals surface area contributed by atoms with Gasteiger partial charge in [-0.25, -0.2) is 0 Å². The van der Waals surface area contributed by atoms with Crippen molar-refractivity contribution >= 4 is 5.91 Å². The largest absolute Gasteiger partial charge is 0.497 e. The van der Waals surface area contributed by atoms with E-state index < -0.39 is 0 Å². The Morgan fingerprint density at radius 2 is 2.04 bits per heavy atom. The van der Waals surface area contributed by atoms with E-state index in [-0.39, 0.29) is 11.9 Å². The van der Waals surface area contributed by atoms with Crippen LogP contribution in [0.25, 0.3) is 0 Å². The van der Waals surface area contributed by atoms with Crippen LogP contribution in [0.2, 0.25) is 0 Å². The Morgan fingerprint density at radius 1 is 1.22 bits per heavy atom. The normalized spacial score (nSPS) is 16.5. The van der Waals surface area contributed by atoms with Crippen LogP contribution in [0.1, 0.15) is 35.6 Å². The van der Waals surface area contributed by atoms with Crippen LogP contribution in [0.5, 0.6) is 5.75 Å². The maximum absolute atomic E-state index is 12.7. The van der Waals surface area contributed by atoms with Crippen molar-refractivity contribution in [3.8, 4) is 5.75 Å². The molecule has 0 fully saturated rings. The zero-order valence-electron chi connectivity index (χ0n) is 13.8. The first-order valence-electron chi connectivity index (χ1n) is 8.15. The molecule has 0 radical (unpaired) electrons. The molecular weight excluding hydrogens is 286 g/mol. The lowest BCUT2D eigenvalue weighted by Gasteiger charge is -2.33. The summed E-state index contributed by atoms with van der Waals surface area (Å²) in [5.41, 5.74) is 3.68. The van der Waals surface area contributed by atoms with Gasteiger partial charge < -0.3 is 9.64 Å². The number of hydrogen-bond acceptors (Lipinski definition) is 2. The highest BCUT2D eigenvalue weighted by atomic mass is 16.5. The van der Waals surface area contributed by atoms with Crippen molar-refractivity contribution in [2.24, 2.45) is 0 Å². The van der Waals surface area contributed by atoms with Gasteiger partial charge in [-0.3, -0.25) is 4.79 Å². The second-order valence-electron chi connectivity index (χ2n) is 6.14.